The number of nitrogens with zero attached hydrogens (tertiary/aromatic N) is 3. The SMILES string of the molecule is C#CCn1c(=NC(=O)c2cc(Cl)ccc2[N+](=O)[O-])sc2cc(OCC)ccc21. The number of hydrogen-bond donors (Lipinski definition) is 0. The lowest BCUT2D eigenvalue weighted by molar-refractivity contribution is -0.385. The first-order valence-corrected chi connectivity index (χ1v) is 9.36. The lowest BCUT2D eigenvalue weighted by Crippen LogP contribution is -2.17. The van der Waals surface area contributed by atoms with Crippen LogP contribution in [0.4, 0.5) is 5.69 Å². The molecule has 28 heavy (non-hydrogen) atoms. The number of amides is 1. The highest BCUT2D eigenvalue weighted by Gasteiger charge is 2.20. The second-order valence-corrected chi connectivity index (χ2v) is 7.02. The highest BCUT2D eigenvalue weighted by molar-refractivity contribution is 7.16. The van der Waals surface area contributed by atoms with Crippen molar-refractivity contribution in [2.75, 3.05) is 6.61 Å². The van der Waals surface area contributed by atoms with Gasteiger partial charge in [-0.2, -0.15) is 4.99 Å². The van der Waals surface area contributed by atoms with Crippen LogP contribution in [-0.2, 0) is 6.54 Å². The summed E-state index contributed by atoms with van der Waals surface area (Å²) in [6.07, 6.45) is 5.46. The molecule has 0 unspecified atom stereocenters. The van der Waals surface area contributed by atoms with Crippen LogP contribution in [0.3, 0.4) is 0 Å². The molecule has 1 heterocycles. The third kappa shape index (κ3) is 3.91. The van der Waals surface area contributed by atoms with Gasteiger partial charge in [-0.05, 0) is 37.3 Å². The number of ether oxygens (including phenoxy) is 1. The number of nitro benzene ring substituents is 1. The highest BCUT2D eigenvalue weighted by atomic mass is 35.5. The van der Waals surface area contributed by atoms with Crippen molar-refractivity contribution < 1.29 is 14.5 Å². The zero-order chi connectivity index (χ0) is 20.3. The molecule has 1 amide bonds. The summed E-state index contributed by atoms with van der Waals surface area (Å²) in [7, 11) is 0. The molecular formula is C19H14ClN3O4S. The van der Waals surface area contributed by atoms with Crippen molar-refractivity contribution >= 4 is 44.7 Å². The molecule has 0 atom stereocenters. The van der Waals surface area contributed by atoms with Crippen molar-refractivity contribution in [2.24, 2.45) is 4.99 Å². The standard InChI is InChI=1S/C19H14ClN3O4S/c1-3-9-22-16-8-6-13(27-4-2)11-17(16)28-19(22)21-18(24)14-10-12(20)5-7-15(14)23(25)26/h1,5-8,10-11H,4,9H2,2H3. The van der Waals surface area contributed by atoms with Gasteiger partial charge >= 0.3 is 0 Å². The molecule has 0 aliphatic carbocycles. The molecule has 3 rings (SSSR count). The number of terminal acetylenes is 1. The first-order chi connectivity index (χ1) is 13.4. The first kappa shape index (κ1) is 19.6. The van der Waals surface area contributed by atoms with Gasteiger partial charge in [0.15, 0.2) is 4.80 Å². The Balaban J connectivity index is 2.17. The van der Waals surface area contributed by atoms with Crippen molar-refractivity contribution in [1.82, 2.24) is 4.57 Å². The molecule has 0 saturated heterocycles. The molecule has 0 radical (unpaired) electrons. The number of halogens is 1. The van der Waals surface area contributed by atoms with Gasteiger partial charge in [0.25, 0.3) is 11.6 Å². The zero-order valence-corrected chi connectivity index (χ0v) is 16.3. The Morgan fingerprint density at radius 3 is 2.86 bits per heavy atom. The minimum Gasteiger partial charge on any atom is -0.494 e. The van der Waals surface area contributed by atoms with E-state index in [9.17, 15) is 14.9 Å². The third-order valence-corrected chi connectivity index (χ3v) is 5.07. The van der Waals surface area contributed by atoms with E-state index in [0.29, 0.717) is 17.2 Å². The van der Waals surface area contributed by atoms with Crippen molar-refractivity contribution in [2.45, 2.75) is 13.5 Å². The van der Waals surface area contributed by atoms with E-state index in [1.54, 1.807) is 10.6 Å². The Labute approximate surface area is 169 Å². The lowest BCUT2D eigenvalue weighted by Gasteiger charge is -2.03. The largest absolute Gasteiger partial charge is 0.494 e. The highest BCUT2D eigenvalue weighted by Crippen LogP contribution is 2.25. The first-order valence-electron chi connectivity index (χ1n) is 8.17. The van der Waals surface area contributed by atoms with Gasteiger partial charge < -0.3 is 9.30 Å². The van der Waals surface area contributed by atoms with Crippen molar-refractivity contribution in [1.29, 1.82) is 0 Å². The van der Waals surface area contributed by atoms with Crippen LogP contribution in [0.2, 0.25) is 5.02 Å². The Morgan fingerprint density at radius 2 is 2.18 bits per heavy atom. The number of rotatable bonds is 5. The van der Waals surface area contributed by atoms with Gasteiger partial charge in [-0.3, -0.25) is 14.9 Å². The van der Waals surface area contributed by atoms with Gasteiger partial charge in [-0.25, -0.2) is 0 Å². The van der Waals surface area contributed by atoms with Gasteiger partial charge in [-0.15, -0.1) is 6.42 Å². The molecule has 0 aliphatic heterocycles. The second kappa shape index (κ2) is 8.25. The molecule has 0 saturated carbocycles. The summed E-state index contributed by atoms with van der Waals surface area (Å²) in [4.78, 5) is 27.7. The summed E-state index contributed by atoms with van der Waals surface area (Å²) in [6, 6.07) is 9.24. The van der Waals surface area contributed by atoms with Crippen molar-refractivity contribution in [3.8, 4) is 18.1 Å². The van der Waals surface area contributed by atoms with E-state index >= 15 is 0 Å². The summed E-state index contributed by atoms with van der Waals surface area (Å²) < 4.78 is 8.02. The molecule has 0 aliphatic rings. The molecule has 2 aromatic carbocycles. The predicted octanol–water partition coefficient (Wildman–Crippen LogP) is 4.04. The lowest BCUT2D eigenvalue weighted by atomic mass is 10.2. The van der Waals surface area contributed by atoms with Crippen LogP contribution in [0.15, 0.2) is 41.4 Å². The van der Waals surface area contributed by atoms with Gasteiger partial charge in [0.2, 0.25) is 0 Å². The number of hydrogen-bond acceptors (Lipinski definition) is 5. The maximum absolute atomic E-state index is 12.7. The van der Waals surface area contributed by atoms with Crippen LogP contribution in [0.5, 0.6) is 5.75 Å². The molecular weight excluding hydrogens is 402 g/mol. The van der Waals surface area contributed by atoms with Crippen LogP contribution in [0.25, 0.3) is 10.2 Å². The van der Waals surface area contributed by atoms with Gasteiger partial charge in [0, 0.05) is 11.1 Å². The summed E-state index contributed by atoms with van der Waals surface area (Å²) in [6.45, 7) is 2.60. The number of nitro groups is 1. The summed E-state index contributed by atoms with van der Waals surface area (Å²) in [5.41, 5.74) is 0.247. The van der Waals surface area contributed by atoms with E-state index in [2.05, 4.69) is 10.9 Å². The Hall–Kier alpha value is -3.15. The van der Waals surface area contributed by atoms with Crippen LogP contribution >= 0.6 is 22.9 Å². The van der Waals surface area contributed by atoms with Crippen molar-refractivity contribution in [3.05, 3.63) is 61.9 Å². The molecule has 142 valence electrons. The second-order valence-electron chi connectivity index (χ2n) is 5.57. The Morgan fingerprint density at radius 1 is 1.39 bits per heavy atom. The number of carbonyl (C=O) groups is 1. The number of thiazole rings is 1. The smallest absolute Gasteiger partial charge is 0.286 e. The Bertz CT molecular complexity index is 1190. The van der Waals surface area contributed by atoms with E-state index in [0.717, 1.165) is 10.2 Å². The van der Waals surface area contributed by atoms with Gasteiger partial charge in [0.1, 0.15) is 11.3 Å². The molecule has 1 aromatic heterocycles. The fourth-order valence-corrected chi connectivity index (χ4v) is 3.85. The van der Waals surface area contributed by atoms with Crippen LogP contribution in [0, 0.1) is 22.5 Å². The predicted molar refractivity (Wildman–Crippen MR) is 108 cm³/mol. The number of fused-ring (bicyclic) bond motifs is 1. The topological polar surface area (TPSA) is 86.7 Å². The van der Waals surface area contributed by atoms with Crippen LogP contribution < -0.4 is 9.54 Å². The van der Waals surface area contributed by atoms with E-state index in [1.165, 1.54) is 29.5 Å². The number of benzene rings is 2. The quantitative estimate of drug-likeness (QED) is 0.357. The fraction of sp³-hybridized carbons (Fsp3) is 0.158. The molecule has 7 nitrogen and oxygen atoms in total. The average molecular weight is 416 g/mol. The van der Waals surface area contributed by atoms with Gasteiger partial charge in [-0.1, -0.05) is 28.9 Å². The third-order valence-electron chi connectivity index (χ3n) is 3.80. The van der Waals surface area contributed by atoms with Crippen LogP contribution in [-0.4, -0.2) is 22.0 Å². The minimum absolute atomic E-state index is 0.183. The molecule has 0 N–H and O–H groups in total. The monoisotopic (exact) mass is 415 g/mol. The minimum atomic E-state index is -0.767. The van der Waals surface area contributed by atoms with E-state index in [4.69, 9.17) is 22.8 Å². The molecule has 0 fully saturated rings. The maximum atomic E-state index is 12.7. The van der Waals surface area contributed by atoms with E-state index in [-0.39, 0.29) is 22.8 Å². The maximum Gasteiger partial charge on any atom is 0.286 e. The Kier molecular flexibility index (Phi) is 5.78. The number of carbonyl (C=O) groups excluding carboxylic acids is 1. The summed E-state index contributed by atoms with van der Waals surface area (Å²) in [5, 5.41) is 11.4. The molecule has 3 aromatic rings. The summed E-state index contributed by atoms with van der Waals surface area (Å²) in [5.74, 6) is 2.45. The molecule has 0 bridgehead atoms. The fourth-order valence-electron chi connectivity index (χ4n) is 2.63. The number of aromatic nitrogens is 1. The molecule has 0 spiro atoms. The molecule has 9 heteroatoms. The van der Waals surface area contributed by atoms with Crippen LogP contribution in [0.1, 0.15) is 17.3 Å². The van der Waals surface area contributed by atoms with E-state index < -0.39 is 10.8 Å². The normalized spacial score (nSPS) is 11.4. The van der Waals surface area contributed by atoms with E-state index in [1.807, 2.05) is 19.1 Å². The van der Waals surface area contributed by atoms with Gasteiger partial charge in [0.05, 0.1) is 28.3 Å². The average Bonchev–Trinajstić information content (AvgIpc) is 2.98. The zero-order valence-electron chi connectivity index (χ0n) is 14.7. The summed E-state index contributed by atoms with van der Waals surface area (Å²) >= 11 is 7.14. The van der Waals surface area contributed by atoms with Crippen molar-refractivity contribution in [3.63, 3.8) is 0 Å².